The molecule has 2 aliphatic heterocycles. The van der Waals surface area contributed by atoms with Crippen LogP contribution in [0.4, 0.5) is 8.78 Å². The highest BCUT2D eigenvalue weighted by Crippen LogP contribution is 2.34. The molecule has 1 saturated heterocycles. The maximum absolute atomic E-state index is 13.4. The molecule has 0 aromatic heterocycles. The van der Waals surface area contributed by atoms with Crippen molar-refractivity contribution in [1.29, 1.82) is 0 Å². The molecule has 6 heteroatoms. The molecular formula is C11H13F2N3O. The zero-order valence-corrected chi connectivity index (χ0v) is 9.20. The molecule has 0 aromatic rings. The van der Waals surface area contributed by atoms with Crippen LogP contribution < -0.4 is 5.32 Å². The largest absolute Gasteiger partial charge is 0.302 e. The fraction of sp³-hybridized carbons (Fsp3) is 0.636. The quantitative estimate of drug-likeness (QED) is 0.552. The topological polar surface area (TPSA) is 44.7 Å². The van der Waals surface area contributed by atoms with Crippen molar-refractivity contribution in [3.63, 3.8) is 0 Å². The highest BCUT2D eigenvalue weighted by Gasteiger charge is 2.42. The number of carbonyl (C=O) groups excluding carboxylic acids is 1. The van der Waals surface area contributed by atoms with Crippen LogP contribution in [-0.2, 0) is 4.79 Å². The Morgan fingerprint density at radius 1 is 1.59 bits per heavy atom. The summed E-state index contributed by atoms with van der Waals surface area (Å²) in [5.74, 6) is -0.931. The molecule has 3 unspecified atom stereocenters. The maximum atomic E-state index is 13.4. The number of fused-ring (bicyclic) bond motifs is 1. The van der Waals surface area contributed by atoms with Crippen LogP contribution in [0, 0.1) is 5.92 Å². The van der Waals surface area contributed by atoms with E-state index >= 15 is 0 Å². The molecule has 3 aliphatic rings. The number of nitrogens with one attached hydrogen (secondary N) is 1. The van der Waals surface area contributed by atoms with Crippen LogP contribution in [0.2, 0.25) is 0 Å². The third-order valence-electron chi connectivity index (χ3n) is 3.56. The van der Waals surface area contributed by atoms with Crippen molar-refractivity contribution < 1.29 is 13.6 Å². The van der Waals surface area contributed by atoms with Gasteiger partial charge in [-0.1, -0.05) is 6.08 Å². The molecule has 2 heterocycles. The SMILES string of the molecule is O=C(C1NCC2CCC=C21)N1N=C(F)CC1F. The van der Waals surface area contributed by atoms with Crippen LogP contribution in [-0.4, -0.2) is 35.8 Å². The Labute approximate surface area is 97.3 Å². The lowest BCUT2D eigenvalue weighted by Gasteiger charge is -2.19. The van der Waals surface area contributed by atoms with Gasteiger partial charge in [-0.3, -0.25) is 4.79 Å². The van der Waals surface area contributed by atoms with Gasteiger partial charge in [-0.2, -0.15) is 9.40 Å². The third kappa shape index (κ3) is 1.67. The lowest BCUT2D eigenvalue weighted by atomic mass is 10.0. The summed E-state index contributed by atoms with van der Waals surface area (Å²) in [6.07, 6.45) is 1.92. The van der Waals surface area contributed by atoms with E-state index in [1.165, 1.54) is 0 Å². The summed E-state index contributed by atoms with van der Waals surface area (Å²) in [6, 6.07) is -0.518. The average molecular weight is 241 g/mol. The maximum Gasteiger partial charge on any atom is 0.266 e. The lowest BCUT2D eigenvalue weighted by molar-refractivity contribution is -0.136. The fourth-order valence-corrected chi connectivity index (χ4v) is 2.73. The molecule has 0 radical (unpaired) electrons. The van der Waals surface area contributed by atoms with Crippen LogP contribution in [0.5, 0.6) is 0 Å². The zero-order valence-electron chi connectivity index (χ0n) is 9.20. The Hall–Kier alpha value is -1.30. The van der Waals surface area contributed by atoms with Crippen molar-refractivity contribution in [3.05, 3.63) is 11.6 Å². The molecular weight excluding hydrogens is 228 g/mol. The Balaban J connectivity index is 1.79. The van der Waals surface area contributed by atoms with Crippen LogP contribution in [0.1, 0.15) is 19.3 Å². The molecule has 0 bridgehead atoms. The first-order valence-corrected chi connectivity index (χ1v) is 5.80. The Bertz CT molecular complexity index is 421. The van der Waals surface area contributed by atoms with Crippen molar-refractivity contribution in [2.45, 2.75) is 31.6 Å². The van der Waals surface area contributed by atoms with Crippen molar-refractivity contribution in [1.82, 2.24) is 10.3 Å². The first-order valence-electron chi connectivity index (χ1n) is 5.80. The van der Waals surface area contributed by atoms with E-state index in [-0.39, 0.29) is 0 Å². The average Bonchev–Trinajstić information content (AvgIpc) is 2.91. The molecule has 1 fully saturated rings. The summed E-state index contributed by atoms with van der Waals surface area (Å²) in [4.78, 5) is 12.1. The Morgan fingerprint density at radius 3 is 3.12 bits per heavy atom. The monoisotopic (exact) mass is 241 g/mol. The zero-order chi connectivity index (χ0) is 12.0. The second-order valence-corrected chi connectivity index (χ2v) is 4.62. The molecule has 1 amide bonds. The minimum Gasteiger partial charge on any atom is -0.302 e. The van der Waals surface area contributed by atoms with Crippen molar-refractivity contribution >= 4 is 11.9 Å². The number of hydrogen-bond donors (Lipinski definition) is 1. The van der Waals surface area contributed by atoms with Crippen LogP contribution in [0.15, 0.2) is 16.8 Å². The lowest BCUT2D eigenvalue weighted by Crippen LogP contribution is -2.43. The van der Waals surface area contributed by atoms with Gasteiger partial charge in [-0.25, -0.2) is 4.39 Å². The summed E-state index contributed by atoms with van der Waals surface area (Å²) < 4.78 is 26.2. The molecule has 3 rings (SSSR count). The molecule has 0 aromatic carbocycles. The van der Waals surface area contributed by atoms with E-state index in [0.717, 1.165) is 25.0 Å². The van der Waals surface area contributed by atoms with Gasteiger partial charge in [-0.05, 0) is 24.3 Å². The van der Waals surface area contributed by atoms with Gasteiger partial charge in [0.2, 0.25) is 12.3 Å². The summed E-state index contributed by atoms with van der Waals surface area (Å²) in [5.41, 5.74) is 1.02. The van der Waals surface area contributed by atoms with E-state index in [4.69, 9.17) is 0 Å². The third-order valence-corrected chi connectivity index (χ3v) is 3.56. The standard InChI is InChI=1S/C11H13F2N3O/c12-8-4-9(13)16(15-8)11(17)10-7-3-1-2-6(7)5-14-10/h3,6,9-10,14H,1-2,4-5H2. The fourth-order valence-electron chi connectivity index (χ4n) is 2.73. The van der Waals surface area contributed by atoms with Gasteiger partial charge in [0.1, 0.15) is 6.04 Å². The first kappa shape index (κ1) is 10.8. The van der Waals surface area contributed by atoms with Gasteiger partial charge in [0, 0.05) is 6.54 Å². The molecule has 4 nitrogen and oxygen atoms in total. The van der Waals surface area contributed by atoms with E-state index in [9.17, 15) is 13.6 Å². The minimum absolute atomic E-state index is 0.374. The number of allylic oxidation sites excluding steroid dienone is 1. The molecule has 3 atom stereocenters. The second-order valence-electron chi connectivity index (χ2n) is 4.62. The van der Waals surface area contributed by atoms with Crippen LogP contribution >= 0.6 is 0 Å². The summed E-state index contributed by atoms with van der Waals surface area (Å²) in [7, 11) is 0. The molecule has 1 N–H and O–H groups in total. The number of carbonyl (C=O) groups is 1. The molecule has 1 aliphatic carbocycles. The Morgan fingerprint density at radius 2 is 2.41 bits per heavy atom. The van der Waals surface area contributed by atoms with Gasteiger partial charge in [0.05, 0.1) is 6.42 Å². The normalized spacial score (nSPS) is 35.9. The number of halogens is 2. The van der Waals surface area contributed by atoms with Crippen molar-refractivity contribution in [2.24, 2.45) is 11.0 Å². The minimum atomic E-state index is -1.66. The Kier molecular flexibility index (Phi) is 2.47. The highest BCUT2D eigenvalue weighted by atomic mass is 19.1. The van der Waals surface area contributed by atoms with E-state index in [1.54, 1.807) is 0 Å². The van der Waals surface area contributed by atoms with Crippen LogP contribution in [0.25, 0.3) is 0 Å². The number of amides is 1. The molecule has 0 saturated carbocycles. The number of nitrogens with zero attached hydrogens (tertiary/aromatic N) is 2. The molecule has 17 heavy (non-hydrogen) atoms. The number of rotatable bonds is 1. The number of hydrazone groups is 1. The van der Waals surface area contributed by atoms with Gasteiger partial charge in [0.15, 0.2) is 0 Å². The van der Waals surface area contributed by atoms with Gasteiger partial charge >= 0.3 is 0 Å². The van der Waals surface area contributed by atoms with Gasteiger partial charge < -0.3 is 5.32 Å². The summed E-state index contributed by atoms with van der Waals surface area (Å²) >= 11 is 0. The molecule has 92 valence electrons. The molecule has 0 spiro atoms. The number of hydrogen-bond acceptors (Lipinski definition) is 3. The van der Waals surface area contributed by atoms with E-state index < -0.39 is 30.6 Å². The van der Waals surface area contributed by atoms with Crippen molar-refractivity contribution in [2.75, 3.05) is 6.54 Å². The van der Waals surface area contributed by atoms with E-state index in [0.29, 0.717) is 10.9 Å². The van der Waals surface area contributed by atoms with E-state index in [1.807, 2.05) is 6.08 Å². The van der Waals surface area contributed by atoms with Crippen LogP contribution in [0.3, 0.4) is 0 Å². The smallest absolute Gasteiger partial charge is 0.266 e. The second kappa shape index (κ2) is 3.87. The van der Waals surface area contributed by atoms with E-state index in [2.05, 4.69) is 10.4 Å². The highest BCUT2D eigenvalue weighted by molar-refractivity contribution is 5.89. The van der Waals surface area contributed by atoms with Crippen molar-refractivity contribution in [3.8, 4) is 0 Å². The van der Waals surface area contributed by atoms with Gasteiger partial charge in [0.25, 0.3) is 5.91 Å². The first-order chi connectivity index (χ1) is 8.16. The van der Waals surface area contributed by atoms with Gasteiger partial charge in [-0.15, -0.1) is 5.10 Å². The predicted molar refractivity (Wildman–Crippen MR) is 57.5 cm³/mol. The predicted octanol–water partition coefficient (Wildman–Crippen LogP) is 1.11. The summed E-state index contributed by atoms with van der Waals surface area (Å²) in [6.45, 7) is 0.735. The number of alkyl halides is 1. The summed E-state index contributed by atoms with van der Waals surface area (Å²) in [5, 5.41) is 7.01.